The molecule has 4 unspecified atom stereocenters. The molecule has 0 aromatic heterocycles. The van der Waals surface area contributed by atoms with Crippen molar-refractivity contribution in [2.24, 2.45) is 17.6 Å². The topological polar surface area (TPSA) is 89.7 Å². The Morgan fingerprint density at radius 3 is 2.05 bits per heavy atom. The monoisotopic (exact) mass is 518 g/mol. The second-order valence-corrected chi connectivity index (χ2v) is 10.2. The summed E-state index contributed by atoms with van der Waals surface area (Å²) in [6.45, 7) is 3.89. The van der Waals surface area contributed by atoms with E-state index in [0.717, 1.165) is 11.1 Å². The third kappa shape index (κ3) is 5.39. The number of nitrogens with two attached hydrogens (primary N) is 1. The summed E-state index contributed by atoms with van der Waals surface area (Å²) < 4.78 is 5.33. The molecule has 0 aliphatic carbocycles. The number of rotatable bonds is 8. The van der Waals surface area contributed by atoms with Crippen LogP contribution in [0.5, 0.6) is 5.75 Å². The van der Waals surface area contributed by atoms with Gasteiger partial charge >= 0.3 is 0 Å². The number of amides is 2. The summed E-state index contributed by atoms with van der Waals surface area (Å²) in [7, 11) is 1.57. The zero-order chi connectivity index (χ0) is 26.7. The van der Waals surface area contributed by atoms with Crippen LogP contribution in [0.1, 0.15) is 53.7 Å². The van der Waals surface area contributed by atoms with Crippen molar-refractivity contribution in [3.63, 3.8) is 0 Å². The molecule has 0 spiro atoms. The molecule has 7 heteroatoms. The van der Waals surface area contributed by atoms with E-state index in [1.807, 2.05) is 32.0 Å². The van der Waals surface area contributed by atoms with Crippen molar-refractivity contribution < 1.29 is 19.1 Å². The molecular formula is C30H31ClN2O4. The summed E-state index contributed by atoms with van der Waals surface area (Å²) in [4.78, 5) is 42.7. The van der Waals surface area contributed by atoms with Crippen molar-refractivity contribution >= 4 is 29.2 Å². The van der Waals surface area contributed by atoms with Crippen LogP contribution in [-0.2, 0) is 9.59 Å². The van der Waals surface area contributed by atoms with Gasteiger partial charge in [-0.1, -0.05) is 80.0 Å². The molecule has 4 rings (SSSR count). The van der Waals surface area contributed by atoms with E-state index < -0.39 is 29.8 Å². The predicted octanol–water partition coefficient (Wildman–Crippen LogP) is 5.41. The van der Waals surface area contributed by atoms with Crippen molar-refractivity contribution in [2.75, 3.05) is 7.11 Å². The Bertz CT molecular complexity index is 1260. The van der Waals surface area contributed by atoms with Crippen LogP contribution in [0.2, 0.25) is 5.02 Å². The van der Waals surface area contributed by atoms with E-state index >= 15 is 0 Å². The number of benzene rings is 3. The number of ether oxygens (including phenoxy) is 1. The third-order valence-corrected chi connectivity index (χ3v) is 7.15. The maximum absolute atomic E-state index is 14.2. The smallest absolute Gasteiger partial charge is 0.240 e. The Morgan fingerprint density at radius 2 is 1.51 bits per heavy atom. The highest BCUT2D eigenvalue weighted by atomic mass is 35.5. The molecule has 1 aliphatic rings. The maximum atomic E-state index is 14.2. The van der Waals surface area contributed by atoms with Crippen LogP contribution < -0.4 is 10.5 Å². The minimum atomic E-state index is -1.02. The summed E-state index contributed by atoms with van der Waals surface area (Å²) in [6.07, 6.45) is 0.218. The Morgan fingerprint density at radius 1 is 0.919 bits per heavy atom. The fraction of sp³-hybridized carbons (Fsp3) is 0.300. The predicted molar refractivity (Wildman–Crippen MR) is 143 cm³/mol. The van der Waals surface area contributed by atoms with E-state index in [4.69, 9.17) is 22.1 Å². The van der Waals surface area contributed by atoms with Crippen molar-refractivity contribution in [1.29, 1.82) is 0 Å². The zero-order valence-corrected chi connectivity index (χ0v) is 21.9. The molecule has 3 aromatic carbocycles. The van der Waals surface area contributed by atoms with Crippen molar-refractivity contribution in [1.82, 2.24) is 4.90 Å². The van der Waals surface area contributed by atoms with Gasteiger partial charge in [-0.15, -0.1) is 0 Å². The lowest BCUT2D eigenvalue weighted by atomic mass is 9.76. The number of Topliss-reactive ketones (excluding diaryl/α,β-unsaturated/α-hetero) is 1. The van der Waals surface area contributed by atoms with Gasteiger partial charge in [0.25, 0.3) is 0 Å². The summed E-state index contributed by atoms with van der Waals surface area (Å²) in [5.41, 5.74) is 7.97. The molecule has 1 fully saturated rings. The number of carbonyl (C=O) groups excluding carboxylic acids is 3. The summed E-state index contributed by atoms with van der Waals surface area (Å²) in [5.74, 6) is -1.76. The Hall–Kier alpha value is -3.64. The fourth-order valence-corrected chi connectivity index (χ4v) is 5.46. The maximum Gasteiger partial charge on any atom is 0.240 e. The number of carbonyl (C=O) groups is 3. The number of hydrogen-bond donors (Lipinski definition) is 1. The number of ketones is 1. The molecule has 3 aromatic rings. The first-order valence-corrected chi connectivity index (χ1v) is 12.7. The van der Waals surface area contributed by atoms with Crippen molar-refractivity contribution in [2.45, 2.75) is 38.3 Å². The van der Waals surface area contributed by atoms with Gasteiger partial charge in [0.2, 0.25) is 11.8 Å². The molecule has 0 radical (unpaired) electrons. The fourth-order valence-electron chi connectivity index (χ4n) is 5.34. The number of methoxy groups -OCH3 is 1. The normalized spacial score (nSPS) is 21.2. The summed E-state index contributed by atoms with van der Waals surface area (Å²) in [5, 5.41) is 0.530. The van der Waals surface area contributed by atoms with E-state index in [0.29, 0.717) is 16.3 Å². The van der Waals surface area contributed by atoms with Crippen molar-refractivity contribution in [3.05, 3.63) is 101 Å². The highest BCUT2D eigenvalue weighted by Gasteiger charge is 2.56. The first-order chi connectivity index (χ1) is 17.7. The molecule has 1 heterocycles. The molecule has 0 saturated carbocycles. The molecular weight excluding hydrogens is 488 g/mol. The van der Waals surface area contributed by atoms with E-state index in [1.165, 1.54) is 0 Å². The average Bonchev–Trinajstić information content (AvgIpc) is 3.25. The van der Waals surface area contributed by atoms with Crippen LogP contribution in [0.4, 0.5) is 0 Å². The summed E-state index contributed by atoms with van der Waals surface area (Å²) >= 11 is 6.17. The van der Waals surface area contributed by atoms with Gasteiger partial charge in [-0.05, 0) is 41.3 Å². The molecule has 2 amide bonds. The Kier molecular flexibility index (Phi) is 7.98. The SMILES string of the molecule is COc1ccc(C2C(C(=O)c3ccccc3)C(c3ccc(Cl)cc3)C(C(N)=O)N2C(=O)CC(C)C)cc1. The largest absolute Gasteiger partial charge is 0.497 e. The number of halogens is 1. The Balaban J connectivity index is 1.97. The van der Waals surface area contributed by atoms with Crippen LogP contribution >= 0.6 is 11.6 Å². The van der Waals surface area contributed by atoms with Crippen LogP contribution in [0.25, 0.3) is 0 Å². The standard InChI is InChI=1S/C30H31ClN2O4/c1-18(2)17-24(34)33-27(20-11-15-23(37-3)16-12-20)26(29(35)21-7-5-4-6-8-21)25(28(33)30(32)36)19-9-13-22(31)14-10-19/h4-16,18,25-28H,17H2,1-3H3,(H2,32,36). The van der Waals surface area contributed by atoms with Crippen LogP contribution in [-0.4, -0.2) is 35.6 Å². The van der Waals surface area contributed by atoms with Gasteiger partial charge in [-0.2, -0.15) is 0 Å². The van der Waals surface area contributed by atoms with Gasteiger partial charge in [0.05, 0.1) is 19.1 Å². The Labute approximate surface area is 222 Å². The first kappa shape index (κ1) is 26.4. The highest BCUT2D eigenvalue weighted by Crippen LogP contribution is 2.51. The lowest BCUT2D eigenvalue weighted by molar-refractivity contribution is -0.140. The lowest BCUT2D eigenvalue weighted by Gasteiger charge is -2.31. The molecule has 1 aliphatic heterocycles. The molecule has 4 atom stereocenters. The van der Waals surface area contributed by atoms with Gasteiger partial charge < -0.3 is 15.4 Å². The van der Waals surface area contributed by atoms with Gasteiger partial charge in [0.15, 0.2) is 5.78 Å². The van der Waals surface area contributed by atoms with Gasteiger partial charge in [-0.25, -0.2) is 0 Å². The summed E-state index contributed by atoms with van der Waals surface area (Å²) in [6, 6.07) is 21.5. The second kappa shape index (κ2) is 11.2. The van der Waals surface area contributed by atoms with Gasteiger partial charge in [0.1, 0.15) is 11.8 Å². The zero-order valence-electron chi connectivity index (χ0n) is 21.1. The number of nitrogens with zero attached hydrogens (tertiary/aromatic N) is 1. The number of likely N-dealkylation sites (tertiary alicyclic amines) is 1. The van der Waals surface area contributed by atoms with Crippen LogP contribution in [0.15, 0.2) is 78.9 Å². The van der Waals surface area contributed by atoms with E-state index in [9.17, 15) is 14.4 Å². The second-order valence-electron chi connectivity index (χ2n) is 9.80. The minimum Gasteiger partial charge on any atom is -0.497 e. The molecule has 1 saturated heterocycles. The van der Waals surface area contributed by atoms with Gasteiger partial charge in [0, 0.05) is 22.9 Å². The first-order valence-electron chi connectivity index (χ1n) is 12.3. The third-order valence-electron chi connectivity index (χ3n) is 6.90. The molecule has 0 bridgehead atoms. The van der Waals surface area contributed by atoms with Crippen LogP contribution in [0, 0.1) is 11.8 Å². The minimum absolute atomic E-state index is 0.0513. The van der Waals surface area contributed by atoms with E-state index in [2.05, 4.69) is 0 Å². The van der Waals surface area contributed by atoms with Crippen molar-refractivity contribution in [3.8, 4) is 5.75 Å². The molecule has 2 N–H and O–H groups in total. The van der Waals surface area contributed by atoms with Crippen LogP contribution in [0.3, 0.4) is 0 Å². The molecule has 6 nitrogen and oxygen atoms in total. The number of hydrogen-bond acceptors (Lipinski definition) is 4. The average molecular weight is 519 g/mol. The quantitative estimate of drug-likeness (QED) is 0.403. The lowest BCUT2D eigenvalue weighted by Crippen LogP contribution is -2.47. The highest BCUT2D eigenvalue weighted by molar-refractivity contribution is 6.30. The van der Waals surface area contributed by atoms with E-state index in [-0.39, 0.29) is 24.0 Å². The van der Waals surface area contributed by atoms with Gasteiger partial charge in [-0.3, -0.25) is 14.4 Å². The number of primary amides is 1. The van der Waals surface area contributed by atoms with E-state index in [1.54, 1.807) is 72.7 Å². The molecule has 37 heavy (non-hydrogen) atoms. The molecule has 192 valence electrons.